The molecule has 3 heterocycles. The summed E-state index contributed by atoms with van der Waals surface area (Å²) in [4.78, 5) is 14.7. The van der Waals surface area contributed by atoms with Crippen molar-refractivity contribution < 1.29 is 4.42 Å². The monoisotopic (exact) mass is 716 g/mol. The summed E-state index contributed by atoms with van der Waals surface area (Å²) >= 11 is 0. The molecule has 3 aromatic heterocycles. The molecule has 11 aromatic rings. The van der Waals surface area contributed by atoms with E-state index in [0.29, 0.717) is 17.5 Å². The molecule has 0 aliphatic heterocycles. The van der Waals surface area contributed by atoms with Crippen LogP contribution in [0.15, 0.2) is 199 Å². The van der Waals surface area contributed by atoms with Crippen LogP contribution in [-0.2, 0) is 0 Å². The Morgan fingerprint density at radius 3 is 1.38 bits per heavy atom. The number of furan rings is 1. The number of fused-ring (bicyclic) bond motifs is 6. The molecular formula is C51H32N4O. The first-order chi connectivity index (χ1) is 27.7. The molecule has 8 aromatic carbocycles. The fraction of sp³-hybridized carbons (Fsp3) is 0. The third-order valence-electron chi connectivity index (χ3n) is 10.7. The molecule has 0 saturated carbocycles. The minimum Gasteiger partial charge on any atom is -0.456 e. The Hall–Kier alpha value is -7.63. The van der Waals surface area contributed by atoms with Gasteiger partial charge in [-0.15, -0.1) is 0 Å². The topological polar surface area (TPSA) is 56.7 Å². The second-order valence-electron chi connectivity index (χ2n) is 14.1. The third-order valence-corrected chi connectivity index (χ3v) is 10.7. The van der Waals surface area contributed by atoms with E-state index in [0.717, 1.165) is 55.4 Å². The first-order valence-corrected chi connectivity index (χ1v) is 18.8. The van der Waals surface area contributed by atoms with Gasteiger partial charge in [0.05, 0.1) is 11.0 Å². The van der Waals surface area contributed by atoms with Crippen molar-refractivity contribution in [2.24, 2.45) is 0 Å². The summed E-state index contributed by atoms with van der Waals surface area (Å²) in [5.74, 6) is 1.86. The SMILES string of the molecule is c1ccc(-c2nc(-c3ccccc3)nc(-c3ccc4c(c3)oc3cc(-c5ccc(-c6ccc7c(c6)c6ccccc6n7-c6ccccc6)cc5)ccc34)n2)cc1. The Morgan fingerprint density at radius 2 is 0.750 bits per heavy atom. The molecule has 0 unspecified atom stereocenters. The molecule has 0 radical (unpaired) electrons. The molecule has 56 heavy (non-hydrogen) atoms. The molecule has 0 bridgehead atoms. The van der Waals surface area contributed by atoms with E-state index in [1.807, 2.05) is 66.7 Å². The van der Waals surface area contributed by atoms with Crippen molar-refractivity contribution in [2.45, 2.75) is 0 Å². The molecule has 11 rings (SSSR count). The molecule has 0 aliphatic carbocycles. The summed E-state index contributed by atoms with van der Waals surface area (Å²) < 4.78 is 8.89. The van der Waals surface area contributed by atoms with Crippen LogP contribution >= 0.6 is 0 Å². The van der Waals surface area contributed by atoms with E-state index in [1.165, 1.54) is 32.9 Å². The van der Waals surface area contributed by atoms with Gasteiger partial charge in [0.1, 0.15) is 11.2 Å². The van der Waals surface area contributed by atoms with Crippen molar-refractivity contribution in [3.63, 3.8) is 0 Å². The summed E-state index contributed by atoms with van der Waals surface area (Å²) in [5.41, 5.74) is 12.5. The van der Waals surface area contributed by atoms with Gasteiger partial charge in [0.15, 0.2) is 17.5 Å². The fourth-order valence-electron chi connectivity index (χ4n) is 7.90. The van der Waals surface area contributed by atoms with Crippen LogP contribution in [-0.4, -0.2) is 19.5 Å². The van der Waals surface area contributed by atoms with Gasteiger partial charge >= 0.3 is 0 Å². The Kier molecular flexibility index (Phi) is 7.42. The molecule has 0 spiro atoms. The number of hydrogen-bond acceptors (Lipinski definition) is 4. The summed E-state index contributed by atoms with van der Waals surface area (Å²) in [6.07, 6.45) is 0. The van der Waals surface area contributed by atoms with E-state index in [1.54, 1.807) is 0 Å². The van der Waals surface area contributed by atoms with Crippen LogP contribution < -0.4 is 0 Å². The lowest BCUT2D eigenvalue weighted by molar-refractivity contribution is 0.669. The van der Waals surface area contributed by atoms with Crippen LogP contribution in [0.3, 0.4) is 0 Å². The van der Waals surface area contributed by atoms with Gasteiger partial charge < -0.3 is 8.98 Å². The zero-order chi connectivity index (χ0) is 37.0. The third kappa shape index (κ3) is 5.45. The van der Waals surface area contributed by atoms with E-state index in [4.69, 9.17) is 19.4 Å². The molecule has 0 atom stereocenters. The predicted octanol–water partition coefficient (Wildman–Crippen LogP) is 13.2. The van der Waals surface area contributed by atoms with Gasteiger partial charge in [-0.05, 0) is 76.9 Å². The van der Waals surface area contributed by atoms with Crippen LogP contribution in [0.2, 0.25) is 0 Å². The lowest BCUT2D eigenvalue weighted by Crippen LogP contribution is -2.00. The van der Waals surface area contributed by atoms with Gasteiger partial charge in [0.25, 0.3) is 0 Å². The van der Waals surface area contributed by atoms with Crippen molar-refractivity contribution in [2.75, 3.05) is 0 Å². The first-order valence-electron chi connectivity index (χ1n) is 18.8. The second kappa shape index (κ2) is 13.0. The lowest BCUT2D eigenvalue weighted by atomic mass is 9.98. The number of para-hydroxylation sites is 2. The highest BCUT2D eigenvalue weighted by molar-refractivity contribution is 6.10. The van der Waals surface area contributed by atoms with E-state index in [9.17, 15) is 0 Å². The minimum absolute atomic E-state index is 0.599. The van der Waals surface area contributed by atoms with Crippen LogP contribution in [0.1, 0.15) is 0 Å². The highest BCUT2D eigenvalue weighted by atomic mass is 16.3. The molecule has 262 valence electrons. The van der Waals surface area contributed by atoms with Gasteiger partial charge in [-0.2, -0.15) is 0 Å². The number of aromatic nitrogens is 4. The summed E-state index contributed by atoms with van der Waals surface area (Å²) in [7, 11) is 0. The van der Waals surface area contributed by atoms with Gasteiger partial charge in [-0.3, -0.25) is 0 Å². The van der Waals surface area contributed by atoms with Crippen molar-refractivity contribution in [1.29, 1.82) is 0 Å². The maximum atomic E-state index is 6.54. The van der Waals surface area contributed by atoms with Crippen molar-refractivity contribution in [3.8, 4) is 62.1 Å². The molecule has 5 heteroatoms. The second-order valence-corrected chi connectivity index (χ2v) is 14.1. The molecule has 0 saturated heterocycles. The minimum atomic E-state index is 0.599. The van der Waals surface area contributed by atoms with Gasteiger partial charge in [0.2, 0.25) is 0 Å². The molecule has 5 nitrogen and oxygen atoms in total. The highest BCUT2D eigenvalue weighted by Gasteiger charge is 2.16. The van der Waals surface area contributed by atoms with E-state index >= 15 is 0 Å². The van der Waals surface area contributed by atoms with Gasteiger partial charge in [-0.1, -0.05) is 140 Å². The first kappa shape index (κ1) is 31.9. The lowest BCUT2D eigenvalue weighted by Gasteiger charge is -2.08. The van der Waals surface area contributed by atoms with Crippen LogP contribution in [0.25, 0.3) is 106 Å². The number of hydrogen-bond donors (Lipinski definition) is 0. The largest absolute Gasteiger partial charge is 0.456 e. The predicted molar refractivity (Wildman–Crippen MR) is 229 cm³/mol. The number of nitrogens with zero attached hydrogens (tertiary/aromatic N) is 4. The number of benzene rings is 8. The molecule has 0 aliphatic rings. The van der Waals surface area contributed by atoms with Gasteiger partial charge in [-0.25, -0.2) is 15.0 Å². The molecule has 0 N–H and O–H groups in total. The zero-order valence-corrected chi connectivity index (χ0v) is 30.2. The zero-order valence-electron chi connectivity index (χ0n) is 30.2. The van der Waals surface area contributed by atoms with Crippen LogP contribution in [0.5, 0.6) is 0 Å². The smallest absolute Gasteiger partial charge is 0.164 e. The number of rotatable bonds is 6. The normalized spacial score (nSPS) is 11.6. The van der Waals surface area contributed by atoms with E-state index in [-0.39, 0.29) is 0 Å². The maximum absolute atomic E-state index is 6.54. The van der Waals surface area contributed by atoms with Crippen molar-refractivity contribution >= 4 is 43.7 Å². The summed E-state index contributed by atoms with van der Waals surface area (Å²) in [6, 6.07) is 67.6. The Morgan fingerprint density at radius 1 is 0.304 bits per heavy atom. The highest BCUT2D eigenvalue weighted by Crippen LogP contribution is 2.37. The van der Waals surface area contributed by atoms with E-state index < -0.39 is 0 Å². The van der Waals surface area contributed by atoms with Crippen molar-refractivity contribution in [1.82, 2.24) is 19.5 Å². The molecule has 0 fully saturated rings. The van der Waals surface area contributed by atoms with Gasteiger partial charge in [0, 0.05) is 43.9 Å². The Bertz CT molecular complexity index is 3160. The fourth-order valence-corrected chi connectivity index (χ4v) is 7.90. The average molecular weight is 717 g/mol. The quantitative estimate of drug-likeness (QED) is 0.172. The Balaban J connectivity index is 0.929. The van der Waals surface area contributed by atoms with Crippen LogP contribution in [0, 0.1) is 0 Å². The summed E-state index contributed by atoms with van der Waals surface area (Å²) in [6.45, 7) is 0. The Labute approximate surface area is 322 Å². The maximum Gasteiger partial charge on any atom is 0.164 e. The summed E-state index contributed by atoms with van der Waals surface area (Å²) in [5, 5.41) is 4.61. The average Bonchev–Trinajstić information content (AvgIpc) is 3.82. The molecular weight excluding hydrogens is 685 g/mol. The standard InChI is InChI=1S/C51H32N4O/c1-4-12-35(13-5-1)49-52-50(36-14-6-2-7-15-36)54-51(53-49)39-25-28-43-42-27-24-38(31-47(42)56-48(43)32-39)34-22-20-33(21-23-34)37-26-29-46-44(30-37)41-18-10-11-19-45(41)55(46)40-16-8-3-9-17-40/h1-32H. The van der Waals surface area contributed by atoms with Crippen molar-refractivity contribution in [3.05, 3.63) is 194 Å². The molecule has 0 amide bonds. The van der Waals surface area contributed by atoms with E-state index in [2.05, 4.69) is 132 Å². The van der Waals surface area contributed by atoms with Crippen LogP contribution in [0.4, 0.5) is 0 Å².